The van der Waals surface area contributed by atoms with Gasteiger partial charge in [0.2, 0.25) is 0 Å². The third-order valence-corrected chi connectivity index (χ3v) is 1.99. The van der Waals surface area contributed by atoms with E-state index >= 15 is 0 Å². The molecule has 11 heavy (non-hydrogen) atoms. The molecule has 0 rings (SSSR count). The van der Waals surface area contributed by atoms with Crippen LogP contribution in [0.3, 0.4) is 0 Å². The van der Waals surface area contributed by atoms with Crippen LogP contribution in [0.5, 0.6) is 0 Å². The van der Waals surface area contributed by atoms with Crippen molar-refractivity contribution in [2.24, 2.45) is 11.8 Å². The molecular formula is C10H19N. The molecule has 0 radical (unpaired) electrons. The quantitative estimate of drug-likeness (QED) is 0.480. The molecule has 64 valence electrons. The maximum atomic E-state index is 3.29. The standard InChI is InChI=1S/C10H19N/c1-5-6-7-11-8-10(4)9(2)3/h9-11H,7-8H2,1-4H3. The van der Waals surface area contributed by atoms with Gasteiger partial charge in [-0.25, -0.2) is 0 Å². The molecule has 1 heteroatoms. The Kier molecular flexibility index (Phi) is 5.97. The van der Waals surface area contributed by atoms with E-state index in [2.05, 4.69) is 37.9 Å². The molecule has 0 bridgehead atoms. The van der Waals surface area contributed by atoms with Crippen LogP contribution in [0.1, 0.15) is 27.7 Å². The SMILES string of the molecule is CC#CCNCC(C)C(C)C. The van der Waals surface area contributed by atoms with Crippen molar-refractivity contribution in [3.8, 4) is 11.8 Å². The van der Waals surface area contributed by atoms with Gasteiger partial charge in [-0.3, -0.25) is 0 Å². The smallest absolute Gasteiger partial charge is 0.0576 e. The van der Waals surface area contributed by atoms with Crippen LogP contribution in [0.15, 0.2) is 0 Å². The summed E-state index contributed by atoms with van der Waals surface area (Å²) in [4.78, 5) is 0. The third-order valence-electron chi connectivity index (χ3n) is 1.99. The fraction of sp³-hybridized carbons (Fsp3) is 0.800. The number of rotatable bonds is 4. The molecule has 0 saturated carbocycles. The van der Waals surface area contributed by atoms with E-state index in [4.69, 9.17) is 0 Å². The average molecular weight is 153 g/mol. The molecule has 1 nitrogen and oxygen atoms in total. The van der Waals surface area contributed by atoms with Crippen LogP contribution >= 0.6 is 0 Å². The molecule has 1 atom stereocenters. The van der Waals surface area contributed by atoms with Crippen molar-refractivity contribution < 1.29 is 0 Å². The van der Waals surface area contributed by atoms with E-state index in [0.717, 1.165) is 24.9 Å². The fourth-order valence-corrected chi connectivity index (χ4v) is 0.686. The summed E-state index contributed by atoms with van der Waals surface area (Å²) in [5.74, 6) is 7.34. The first-order valence-electron chi connectivity index (χ1n) is 4.28. The first-order valence-corrected chi connectivity index (χ1v) is 4.28. The fourth-order valence-electron chi connectivity index (χ4n) is 0.686. The van der Waals surface area contributed by atoms with Gasteiger partial charge in [0.25, 0.3) is 0 Å². The summed E-state index contributed by atoms with van der Waals surface area (Å²) in [5, 5.41) is 3.29. The highest BCUT2D eigenvalue weighted by atomic mass is 14.8. The van der Waals surface area contributed by atoms with E-state index < -0.39 is 0 Å². The molecule has 0 aliphatic rings. The number of hydrogen-bond donors (Lipinski definition) is 1. The zero-order valence-corrected chi connectivity index (χ0v) is 8.07. The predicted molar refractivity (Wildman–Crippen MR) is 50.3 cm³/mol. The molecule has 0 aliphatic heterocycles. The topological polar surface area (TPSA) is 12.0 Å². The maximum absolute atomic E-state index is 3.29. The first kappa shape index (κ1) is 10.5. The number of hydrogen-bond acceptors (Lipinski definition) is 1. The summed E-state index contributed by atoms with van der Waals surface area (Å²) in [6.45, 7) is 10.5. The average Bonchev–Trinajstić information content (AvgIpc) is 1.97. The monoisotopic (exact) mass is 153 g/mol. The highest BCUT2D eigenvalue weighted by molar-refractivity contribution is 4.96. The van der Waals surface area contributed by atoms with Gasteiger partial charge in [-0.05, 0) is 25.3 Å². The number of nitrogens with one attached hydrogen (secondary N) is 1. The molecule has 1 N–H and O–H groups in total. The van der Waals surface area contributed by atoms with Gasteiger partial charge in [0.05, 0.1) is 6.54 Å². The van der Waals surface area contributed by atoms with Gasteiger partial charge in [-0.2, -0.15) is 0 Å². The maximum Gasteiger partial charge on any atom is 0.0576 e. The Morgan fingerprint density at radius 3 is 2.36 bits per heavy atom. The molecule has 0 heterocycles. The molecule has 0 aliphatic carbocycles. The highest BCUT2D eigenvalue weighted by Gasteiger charge is 2.04. The Labute approximate surface area is 70.6 Å². The van der Waals surface area contributed by atoms with Gasteiger partial charge in [-0.15, -0.1) is 5.92 Å². The van der Waals surface area contributed by atoms with Crippen molar-refractivity contribution in [1.29, 1.82) is 0 Å². The van der Waals surface area contributed by atoms with Crippen molar-refractivity contribution in [3.63, 3.8) is 0 Å². The molecule has 0 amide bonds. The lowest BCUT2D eigenvalue weighted by atomic mass is 9.98. The summed E-state index contributed by atoms with van der Waals surface area (Å²) >= 11 is 0. The zero-order valence-electron chi connectivity index (χ0n) is 8.07. The minimum absolute atomic E-state index is 0.744. The van der Waals surface area contributed by atoms with Crippen molar-refractivity contribution in [2.75, 3.05) is 13.1 Å². The first-order chi connectivity index (χ1) is 5.18. The Hall–Kier alpha value is -0.480. The Morgan fingerprint density at radius 1 is 1.27 bits per heavy atom. The van der Waals surface area contributed by atoms with Gasteiger partial charge in [0.15, 0.2) is 0 Å². The summed E-state index contributed by atoms with van der Waals surface area (Å²) in [6, 6.07) is 0. The van der Waals surface area contributed by atoms with Crippen LogP contribution in [0.4, 0.5) is 0 Å². The van der Waals surface area contributed by atoms with Gasteiger partial charge in [0, 0.05) is 0 Å². The summed E-state index contributed by atoms with van der Waals surface area (Å²) < 4.78 is 0. The molecule has 0 fully saturated rings. The Balaban J connectivity index is 3.29. The van der Waals surface area contributed by atoms with Crippen LogP contribution in [0.2, 0.25) is 0 Å². The highest BCUT2D eigenvalue weighted by Crippen LogP contribution is 2.06. The van der Waals surface area contributed by atoms with Crippen molar-refractivity contribution in [2.45, 2.75) is 27.7 Å². The lowest BCUT2D eigenvalue weighted by Gasteiger charge is -2.14. The van der Waals surface area contributed by atoms with Crippen LogP contribution in [0.25, 0.3) is 0 Å². The molecule has 0 aromatic rings. The van der Waals surface area contributed by atoms with Crippen LogP contribution < -0.4 is 5.32 Å². The minimum atomic E-state index is 0.744. The van der Waals surface area contributed by atoms with Gasteiger partial charge >= 0.3 is 0 Å². The van der Waals surface area contributed by atoms with Crippen molar-refractivity contribution in [1.82, 2.24) is 5.32 Å². The Morgan fingerprint density at radius 2 is 1.91 bits per heavy atom. The van der Waals surface area contributed by atoms with E-state index in [-0.39, 0.29) is 0 Å². The Bertz CT molecular complexity index is 139. The van der Waals surface area contributed by atoms with Crippen molar-refractivity contribution >= 4 is 0 Å². The zero-order chi connectivity index (χ0) is 8.69. The van der Waals surface area contributed by atoms with E-state index in [1.807, 2.05) is 6.92 Å². The molecule has 0 saturated heterocycles. The van der Waals surface area contributed by atoms with E-state index in [0.29, 0.717) is 0 Å². The summed E-state index contributed by atoms with van der Waals surface area (Å²) in [7, 11) is 0. The lowest BCUT2D eigenvalue weighted by Crippen LogP contribution is -2.24. The normalized spacial score (nSPS) is 12.5. The largest absolute Gasteiger partial charge is 0.306 e. The second kappa shape index (κ2) is 6.24. The van der Waals surface area contributed by atoms with Crippen LogP contribution in [-0.4, -0.2) is 13.1 Å². The third kappa shape index (κ3) is 5.94. The van der Waals surface area contributed by atoms with Crippen LogP contribution in [-0.2, 0) is 0 Å². The molecule has 1 unspecified atom stereocenters. The van der Waals surface area contributed by atoms with E-state index in [1.54, 1.807) is 0 Å². The second-order valence-corrected chi connectivity index (χ2v) is 3.28. The summed E-state index contributed by atoms with van der Waals surface area (Å²) in [5.41, 5.74) is 0. The molecule has 0 aromatic heterocycles. The summed E-state index contributed by atoms with van der Waals surface area (Å²) in [6.07, 6.45) is 0. The van der Waals surface area contributed by atoms with E-state index in [9.17, 15) is 0 Å². The van der Waals surface area contributed by atoms with Gasteiger partial charge in [-0.1, -0.05) is 26.7 Å². The molecular weight excluding hydrogens is 134 g/mol. The van der Waals surface area contributed by atoms with Crippen LogP contribution in [0, 0.1) is 23.7 Å². The predicted octanol–water partition coefficient (Wildman–Crippen LogP) is 1.89. The van der Waals surface area contributed by atoms with E-state index in [1.165, 1.54) is 0 Å². The van der Waals surface area contributed by atoms with Gasteiger partial charge in [0.1, 0.15) is 0 Å². The van der Waals surface area contributed by atoms with Gasteiger partial charge < -0.3 is 5.32 Å². The van der Waals surface area contributed by atoms with Crippen molar-refractivity contribution in [3.05, 3.63) is 0 Å². The minimum Gasteiger partial charge on any atom is -0.306 e. The lowest BCUT2D eigenvalue weighted by molar-refractivity contribution is 0.401. The molecule has 0 aromatic carbocycles. The molecule has 0 spiro atoms. The second-order valence-electron chi connectivity index (χ2n) is 3.28.